The van der Waals surface area contributed by atoms with Crippen LogP contribution in [0.15, 0.2) is 35.3 Å². The molecule has 0 radical (unpaired) electrons. The van der Waals surface area contributed by atoms with Crippen LogP contribution in [0.1, 0.15) is 24.8 Å². The van der Waals surface area contributed by atoms with E-state index in [2.05, 4.69) is 10.3 Å². The second-order valence-electron chi connectivity index (χ2n) is 5.19. The van der Waals surface area contributed by atoms with Crippen LogP contribution in [0.3, 0.4) is 0 Å². The molecule has 0 spiro atoms. The van der Waals surface area contributed by atoms with E-state index in [1.165, 1.54) is 7.11 Å². The van der Waals surface area contributed by atoms with Crippen molar-refractivity contribution in [3.05, 3.63) is 35.9 Å². The van der Waals surface area contributed by atoms with Crippen LogP contribution < -0.4 is 11.1 Å². The third-order valence-corrected chi connectivity index (χ3v) is 3.09. The highest BCUT2D eigenvalue weighted by atomic mass is 16.7. The summed E-state index contributed by atoms with van der Waals surface area (Å²) in [7, 11) is 1.47. The monoisotopic (exact) mass is 351 g/mol. The van der Waals surface area contributed by atoms with Crippen molar-refractivity contribution in [3.8, 4) is 0 Å². The second-order valence-corrected chi connectivity index (χ2v) is 5.19. The van der Waals surface area contributed by atoms with Crippen molar-refractivity contribution in [3.63, 3.8) is 0 Å². The lowest BCUT2D eigenvalue weighted by molar-refractivity contribution is -0.124. The largest absolute Gasteiger partial charge is 0.516 e. The van der Waals surface area contributed by atoms with Gasteiger partial charge < -0.3 is 25.3 Å². The molecule has 0 fully saturated rings. The number of benzene rings is 1. The van der Waals surface area contributed by atoms with E-state index in [0.717, 1.165) is 24.8 Å². The Morgan fingerprint density at radius 1 is 1.16 bits per heavy atom. The van der Waals surface area contributed by atoms with Crippen LogP contribution in [0.25, 0.3) is 0 Å². The molecule has 0 aliphatic carbocycles. The van der Waals surface area contributed by atoms with Crippen molar-refractivity contribution in [1.29, 1.82) is 0 Å². The number of hydrogen-bond donors (Lipinski definition) is 2. The van der Waals surface area contributed by atoms with E-state index in [9.17, 15) is 9.59 Å². The Morgan fingerprint density at radius 2 is 1.92 bits per heavy atom. The fourth-order valence-electron chi connectivity index (χ4n) is 1.88. The van der Waals surface area contributed by atoms with Crippen molar-refractivity contribution in [2.24, 2.45) is 10.7 Å². The van der Waals surface area contributed by atoms with Crippen LogP contribution in [-0.2, 0) is 25.6 Å². The van der Waals surface area contributed by atoms with Crippen LogP contribution >= 0.6 is 0 Å². The van der Waals surface area contributed by atoms with Gasteiger partial charge in [0.1, 0.15) is 13.2 Å². The van der Waals surface area contributed by atoms with E-state index in [0.29, 0.717) is 13.1 Å². The first-order chi connectivity index (χ1) is 12.1. The highest BCUT2D eigenvalue weighted by Crippen LogP contribution is 2.01. The molecule has 0 aromatic heterocycles. The van der Waals surface area contributed by atoms with Gasteiger partial charge >= 0.3 is 6.16 Å². The molecule has 1 aromatic carbocycles. The van der Waals surface area contributed by atoms with Crippen molar-refractivity contribution in [2.45, 2.75) is 25.9 Å². The lowest BCUT2D eigenvalue weighted by Gasteiger charge is -2.05. The summed E-state index contributed by atoms with van der Waals surface area (Å²) in [6.45, 7) is 1.20. The number of ether oxygens (including phenoxy) is 3. The summed E-state index contributed by atoms with van der Waals surface area (Å²) in [6, 6.07) is 9.03. The quantitative estimate of drug-likeness (QED) is 0.286. The van der Waals surface area contributed by atoms with Crippen molar-refractivity contribution in [1.82, 2.24) is 5.32 Å². The second kappa shape index (κ2) is 12.8. The van der Waals surface area contributed by atoms with Gasteiger partial charge in [-0.25, -0.2) is 9.79 Å². The highest BCUT2D eigenvalue weighted by Gasteiger charge is 2.07. The predicted molar refractivity (Wildman–Crippen MR) is 92.9 cm³/mol. The lowest BCUT2D eigenvalue weighted by Crippen LogP contribution is -2.27. The molecule has 0 saturated carbocycles. The summed E-state index contributed by atoms with van der Waals surface area (Å²) < 4.78 is 14.4. The Bertz CT molecular complexity index is 548. The van der Waals surface area contributed by atoms with Crippen LogP contribution in [0.2, 0.25) is 0 Å². The van der Waals surface area contributed by atoms with E-state index in [-0.39, 0.29) is 25.1 Å². The number of nitrogens with zero attached hydrogens (tertiary/aromatic N) is 1. The van der Waals surface area contributed by atoms with Gasteiger partial charge in [-0.2, -0.15) is 0 Å². The van der Waals surface area contributed by atoms with Crippen molar-refractivity contribution in [2.75, 3.05) is 26.8 Å². The predicted octanol–water partition coefficient (Wildman–Crippen LogP) is 1.59. The Hall–Kier alpha value is -2.61. The summed E-state index contributed by atoms with van der Waals surface area (Å²) >= 11 is 0. The molecule has 3 N–H and O–H groups in total. The van der Waals surface area contributed by atoms with E-state index in [1.807, 2.05) is 30.3 Å². The minimum atomic E-state index is -0.883. The van der Waals surface area contributed by atoms with Gasteiger partial charge in [-0.15, -0.1) is 0 Å². The maximum absolute atomic E-state index is 11.5. The first-order valence-corrected chi connectivity index (χ1v) is 8.06. The number of carbonyl (C=O) groups excluding carboxylic acids is 2. The van der Waals surface area contributed by atoms with E-state index < -0.39 is 6.16 Å². The zero-order valence-electron chi connectivity index (χ0n) is 14.4. The van der Waals surface area contributed by atoms with Gasteiger partial charge in [-0.1, -0.05) is 30.3 Å². The SMILES string of the molecule is COCC(=O)NCCCCCN=C(N)OC(=O)OCc1ccccc1. The summed E-state index contributed by atoms with van der Waals surface area (Å²) in [6.07, 6.45) is 1.57. The number of carbonyl (C=O) groups is 2. The minimum absolute atomic E-state index is 0.0680. The molecule has 8 heteroatoms. The first kappa shape index (κ1) is 20.4. The number of nitrogens with one attached hydrogen (secondary N) is 1. The first-order valence-electron chi connectivity index (χ1n) is 8.06. The molecule has 8 nitrogen and oxygen atoms in total. The Morgan fingerprint density at radius 3 is 2.64 bits per heavy atom. The molecule has 0 heterocycles. The number of rotatable bonds is 10. The van der Waals surface area contributed by atoms with Crippen LogP contribution in [0, 0.1) is 0 Å². The maximum Gasteiger partial charge on any atom is 0.516 e. The molecule has 138 valence electrons. The topological polar surface area (TPSA) is 112 Å². The average molecular weight is 351 g/mol. The highest BCUT2D eigenvalue weighted by molar-refractivity contribution is 5.83. The fraction of sp³-hybridized carbons (Fsp3) is 0.471. The third kappa shape index (κ3) is 10.7. The number of nitrogens with two attached hydrogens (primary N) is 1. The van der Waals surface area contributed by atoms with Gasteiger partial charge in [0.05, 0.1) is 0 Å². The molecule has 0 unspecified atom stereocenters. The summed E-state index contributed by atoms with van der Waals surface area (Å²) in [5.74, 6) is -0.132. The zero-order chi connectivity index (χ0) is 18.3. The molecule has 0 aliphatic heterocycles. The van der Waals surface area contributed by atoms with E-state index in [1.54, 1.807) is 0 Å². The van der Waals surface area contributed by atoms with E-state index in [4.69, 9.17) is 19.9 Å². The fourth-order valence-corrected chi connectivity index (χ4v) is 1.88. The number of amides is 1. The number of hydrogen-bond acceptors (Lipinski definition) is 6. The summed E-state index contributed by atoms with van der Waals surface area (Å²) in [5, 5.41) is 2.73. The molecular weight excluding hydrogens is 326 g/mol. The van der Waals surface area contributed by atoms with Crippen molar-refractivity contribution < 1.29 is 23.8 Å². The molecule has 1 aromatic rings. The standard InChI is InChI=1S/C17H25N3O5/c1-23-13-15(21)19-10-6-3-7-11-20-16(18)25-17(22)24-12-14-8-4-2-5-9-14/h2,4-5,8-9H,3,6-7,10-13H2,1H3,(H2,18,20)(H,19,21). The van der Waals surface area contributed by atoms with Crippen molar-refractivity contribution >= 4 is 18.1 Å². The molecule has 1 rings (SSSR count). The van der Waals surface area contributed by atoms with Crippen LogP contribution in [0.4, 0.5) is 4.79 Å². The smallest absolute Gasteiger partial charge is 0.429 e. The van der Waals surface area contributed by atoms with Gasteiger partial charge in [0, 0.05) is 20.2 Å². The lowest BCUT2D eigenvalue weighted by atomic mass is 10.2. The van der Waals surface area contributed by atoms with Gasteiger partial charge in [0.2, 0.25) is 5.91 Å². The Balaban J connectivity index is 2.07. The van der Waals surface area contributed by atoms with Crippen LogP contribution in [0.5, 0.6) is 0 Å². The Kier molecular flexibility index (Phi) is 10.4. The average Bonchev–Trinajstić information content (AvgIpc) is 2.60. The molecule has 0 atom stereocenters. The Labute approximate surface area is 147 Å². The normalized spacial score (nSPS) is 11.0. The molecular formula is C17H25N3O5. The molecule has 0 saturated heterocycles. The summed E-state index contributed by atoms with van der Waals surface area (Å²) in [4.78, 5) is 26.5. The summed E-state index contributed by atoms with van der Waals surface area (Å²) in [5.41, 5.74) is 6.37. The molecule has 0 bridgehead atoms. The molecule has 1 amide bonds. The molecule has 0 aliphatic rings. The number of methoxy groups -OCH3 is 1. The van der Waals surface area contributed by atoms with Gasteiger partial charge in [0.25, 0.3) is 6.02 Å². The number of aliphatic imine (C=N–C) groups is 1. The number of amidine groups is 1. The van der Waals surface area contributed by atoms with Crippen LogP contribution in [-0.4, -0.2) is 44.9 Å². The van der Waals surface area contributed by atoms with Gasteiger partial charge in [-0.3, -0.25) is 4.79 Å². The minimum Gasteiger partial charge on any atom is -0.429 e. The van der Waals surface area contributed by atoms with E-state index >= 15 is 0 Å². The van der Waals surface area contributed by atoms with Gasteiger partial charge in [-0.05, 0) is 24.8 Å². The zero-order valence-corrected chi connectivity index (χ0v) is 14.4. The maximum atomic E-state index is 11.5. The number of unbranched alkanes of at least 4 members (excludes halogenated alkanes) is 2. The molecule has 25 heavy (non-hydrogen) atoms. The van der Waals surface area contributed by atoms with Gasteiger partial charge in [0.15, 0.2) is 0 Å². The third-order valence-electron chi connectivity index (χ3n) is 3.09.